The molecule has 0 aliphatic carbocycles. The van der Waals surface area contributed by atoms with Gasteiger partial charge in [-0.3, -0.25) is 4.98 Å². The van der Waals surface area contributed by atoms with Crippen molar-refractivity contribution in [2.24, 2.45) is 0 Å². The maximum absolute atomic E-state index is 14.2. The molecule has 0 bridgehead atoms. The van der Waals surface area contributed by atoms with E-state index in [4.69, 9.17) is 16.3 Å². The van der Waals surface area contributed by atoms with Crippen LogP contribution in [0.5, 0.6) is 0 Å². The molecule has 4 heterocycles. The van der Waals surface area contributed by atoms with Gasteiger partial charge in [0.25, 0.3) is 0 Å². The second kappa shape index (κ2) is 10.5. The molecule has 1 unspecified atom stereocenters. The van der Waals surface area contributed by atoms with E-state index in [1.807, 2.05) is 33.0 Å². The first-order chi connectivity index (χ1) is 16.3. The monoisotopic (exact) mass is 481 g/mol. The topological polar surface area (TPSA) is 47.9 Å². The summed E-state index contributed by atoms with van der Waals surface area (Å²) in [5.41, 5.74) is 5.38. The summed E-state index contributed by atoms with van der Waals surface area (Å²) < 4.78 is 33.5. The summed E-state index contributed by atoms with van der Waals surface area (Å²) in [7, 11) is 0. The zero-order valence-electron chi connectivity index (χ0n) is 19.4. The van der Waals surface area contributed by atoms with Crippen LogP contribution in [0.15, 0.2) is 48.8 Å². The minimum Gasteiger partial charge on any atom is -0.374 e. The Balaban J connectivity index is 0.000000180. The lowest BCUT2D eigenvalue weighted by molar-refractivity contribution is 0.0149. The largest absolute Gasteiger partial charge is 0.374 e. The van der Waals surface area contributed by atoms with Crippen molar-refractivity contribution in [3.8, 4) is 11.1 Å². The highest BCUT2D eigenvalue weighted by molar-refractivity contribution is 6.30. The van der Waals surface area contributed by atoms with Crippen LogP contribution in [0, 0.1) is 32.4 Å². The second-order valence-electron chi connectivity index (χ2n) is 8.43. The van der Waals surface area contributed by atoms with Gasteiger partial charge in [-0.1, -0.05) is 11.6 Å². The summed E-state index contributed by atoms with van der Waals surface area (Å²) in [5.74, 6) is -2.01. The molecule has 34 heavy (non-hydrogen) atoms. The predicted molar refractivity (Wildman–Crippen MR) is 131 cm³/mol. The SMILES string of the molecule is Cc1cc(C2CCCCO2)ccn1.Cc1cc2c(-c3ccc(Cl)c(F)c3F)ccnc2nc1C. The third kappa shape index (κ3) is 5.24. The first-order valence-electron chi connectivity index (χ1n) is 11.3. The molecule has 0 N–H and O–H groups in total. The average Bonchev–Trinajstić information content (AvgIpc) is 2.84. The van der Waals surface area contributed by atoms with Gasteiger partial charge in [0.05, 0.1) is 11.1 Å². The highest BCUT2D eigenvalue weighted by Gasteiger charge is 2.17. The number of pyridine rings is 3. The van der Waals surface area contributed by atoms with E-state index in [2.05, 4.69) is 27.1 Å². The zero-order chi connectivity index (χ0) is 24.2. The summed E-state index contributed by atoms with van der Waals surface area (Å²) in [6, 6.07) is 10.5. The van der Waals surface area contributed by atoms with Gasteiger partial charge in [-0.15, -0.1) is 0 Å². The van der Waals surface area contributed by atoms with Crippen LogP contribution < -0.4 is 0 Å². The van der Waals surface area contributed by atoms with Crippen molar-refractivity contribution in [1.82, 2.24) is 15.0 Å². The van der Waals surface area contributed by atoms with Crippen LogP contribution in [0.1, 0.15) is 47.9 Å². The maximum atomic E-state index is 14.2. The van der Waals surface area contributed by atoms with E-state index >= 15 is 0 Å². The van der Waals surface area contributed by atoms with Crippen molar-refractivity contribution >= 4 is 22.6 Å². The number of halogens is 3. The molecule has 1 saturated heterocycles. The van der Waals surface area contributed by atoms with E-state index < -0.39 is 11.6 Å². The number of aromatic nitrogens is 3. The molecule has 1 aliphatic heterocycles. The minimum atomic E-state index is -1.05. The summed E-state index contributed by atoms with van der Waals surface area (Å²) >= 11 is 5.60. The normalized spacial score (nSPS) is 15.6. The third-order valence-electron chi connectivity index (χ3n) is 5.97. The molecule has 176 valence electrons. The Morgan fingerprint density at radius 1 is 0.912 bits per heavy atom. The quantitative estimate of drug-likeness (QED) is 0.278. The molecule has 1 fully saturated rings. The number of hydrogen-bond acceptors (Lipinski definition) is 4. The number of nitrogens with zero attached hydrogens (tertiary/aromatic N) is 3. The Kier molecular flexibility index (Phi) is 7.49. The lowest BCUT2D eigenvalue weighted by atomic mass is 10.0. The summed E-state index contributed by atoms with van der Waals surface area (Å²) in [6.45, 7) is 6.72. The Hall–Kier alpha value is -2.96. The van der Waals surface area contributed by atoms with Gasteiger partial charge in [0.15, 0.2) is 17.3 Å². The van der Waals surface area contributed by atoms with E-state index in [9.17, 15) is 8.78 Å². The van der Waals surface area contributed by atoms with Crippen molar-refractivity contribution < 1.29 is 13.5 Å². The second-order valence-corrected chi connectivity index (χ2v) is 8.84. The third-order valence-corrected chi connectivity index (χ3v) is 6.26. The number of fused-ring (bicyclic) bond motifs is 1. The van der Waals surface area contributed by atoms with Gasteiger partial charge in [-0.05, 0) is 93.1 Å². The van der Waals surface area contributed by atoms with Gasteiger partial charge >= 0.3 is 0 Å². The molecule has 5 rings (SSSR count). The van der Waals surface area contributed by atoms with Crippen LogP contribution in [0.25, 0.3) is 22.2 Å². The molecule has 1 aromatic carbocycles. The Morgan fingerprint density at radius 2 is 1.71 bits per heavy atom. The van der Waals surface area contributed by atoms with Crippen LogP contribution in [0.3, 0.4) is 0 Å². The molecule has 0 saturated carbocycles. The smallest absolute Gasteiger partial charge is 0.178 e. The Morgan fingerprint density at radius 3 is 2.44 bits per heavy atom. The molecule has 1 aliphatic rings. The molecular formula is C27H26ClF2N3O. The fraction of sp³-hybridized carbons (Fsp3) is 0.296. The fourth-order valence-electron chi connectivity index (χ4n) is 4.00. The molecule has 1 atom stereocenters. The van der Waals surface area contributed by atoms with Crippen molar-refractivity contribution in [3.63, 3.8) is 0 Å². The summed E-state index contributed by atoms with van der Waals surface area (Å²) in [6.07, 6.45) is 7.36. The maximum Gasteiger partial charge on any atom is 0.178 e. The van der Waals surface area contributed by atoms with Crippen molar-refractivity contribution in [1.29, 1.82) is 0 Å². The summed E-state index contributed by atoms with van der Waals surface area (Å²) in [4.78, 5) is 12.7. The standard InChI is InChI=1S/C16H11ClF2N2.C11H15NO/c1-8-7-12-10(5-6-20-16(12)21-9(8)2)11-3-4-13(17)15(19)14(11)18;1-9-8-10(5-6-12-9)11-4-2-3-7-13-11/h3-7H,1-2H3;5-6,8,11H,2-4,7H2,1H3. The molecule has 0 radical (unpaired) electrons. The molecule has 4 nitrogen and oxygen atoms in total. The van der Waals surface area contributed by atoms with Gasteiger partial charge in [0, 0.05) is 41.3 Å². The van der Waals surface area contributed by atoms with Gasteiger partial charge < -0.3 is 4.74 Å². The van der Waals surface area contributed by atoms with E-state index in [-0.39, 0.29) is 10.6 Å². The average molecular weight is 482 g/mol. The molecule has 3 aromatic heterocycles. The summed E-state index contributed by atoms with van der Waals surface area (Å²) in [5, 5.41) is 0.445. The van der Waals surface area contributed by atoms with E-state index in [0.29, 0.717) is 22.7 Å². The van der Waals surface area contributed by atoms with Gasteiger partial charge in [0.1, 0.15) is 0 Å². The van der Waals surface area contributed by atoms with Crippen LogP contribution in [0.4, 0.5) is 8.78 Å². The molecule has 0 amide bonds. The Labute approximate surface area is 203 Å². The lowest BCUT2D eigenvalue weighted by Crippen LogP contribution is -2.11. The highest BCUT2D eigenvalue weighted by atomic mass is 35.5. The van der Waals surface area contributed by atoms with Crippen molar-refractivity contribution in [2.75, 3.05) is 6.61 Å². The van der Waals surface area contributed by atoms with Crippen LogP contribution >= 0.6 is 11.6 Å². The van der Waals surface area contributed by atoms with Crippen LogP contribution in [0.2, 0.25) is 5.02 Å². The Bertz CT molecular complexity index is 1320. The van der Waals surface area contributed by atoms with Crippen LogP contribution in [-0.2, 0) is 4.74 Å². The fourth-order valence-corrected chi connectivity index (χ4v) is 4.15. The van der Waals surface area contributed by atoms with Gasteiger partial charge in [-0.2, -0.15) is 0 Å². The van der Waals surface area contributed by atoms with E-state index in [0.717, 1.165) is 30.0 Å². The molecular weight excluding hydrogens is 456 g/mol. The first-order valence-corrected chi connectivity index (χ1v) is 11.6. The van der Waals surface area contributed by atoms with Crippen molar-refractivity contribution in [2.45, 2.75) is 46.1 Å². The lowest BCUT2D eigenvalue weighted by Gasteiger charge is -2.22. The number of ether oxygens (including phenoxy) is 1. The first kappa shape index (κ1) is 24.2. The van der Waals surface area contributed by atoms with E-state index in [1.54, 1.807) is 6.07 Å². The molecule has 4 aromatic rings. The number of benzene rings is 1. The number of rotatable bonds is 2. The van der Waals surface area contributed by atoms with Gasteiger partial charge in [-0.25, -0.2) is 18.7 Å². The zero-order valence-corrected chi connectivity index (χ0v) is 20.2. The van der Waals surface area contributed by atoms with Crippen molar-refractivity contribution in [3.05, 3.63) is 88.0 Å². The number of hydrogen-bond donors (Lipinski definition) is 0. The van der Waals surface area contributed by atoms with E-state index in [1.165, 1.54) is 36.7 Å². The highest BCUT2D eigenvalue weighted by Crippen LogP contribution is 2.33. The molecule has 0 spiro atoms. The van der Waals surface area contributed by atoms with Crippen LogP contribution in [-0.4, -0.2) is 21.6 Å². The minimum absolute atomic E-state index is 0.148. The van der Waals surface area contributed by atoms with Gasteiger partial charge in [0.2, 0.25) is 0 Å². The molecule has 7 heteroatoms. The number of aryl methyl sites for hydroxylation is 3. The predicted octanol–water partition coefficient (Wildman–Crippen LogP) is 7.48.